The summed E-state index contributed by atoms with van der Waals surface area (Å²) in [6.07, 6.45) is 0.779. The van der Waals surface area contributed by atoms with Crippen molar-refractivity contribution in [2.75, 3.05) is 18.5 Å². The smallest absolute Gasteiger partial charge is 0.417 e. The lowest BCUT2D eigenvalue weighted by molar-refractivity contribution is -0.137. The molecule has 0 saturated heterocycles. The van der Waals surface area contributed by atoms with E-state index in [9.17, 15) is 18.0 Å². The SMILES string of the molecule is O=c1c(Cl)c(NCCOc2ccc3c(c2)CCC3)cnn1-c1ccc(C(F)(F)F)cn1. The summed E-state index contributed by atoms with van der Waals surface area (Å²) in [5.41, 5.74) is 1.37. The minimum atomic E-state index is -4.52. The third kappa shape index (κ3) is 4.66. The first kappa shape index (κ1) is 21.2. The maximum absolute atomic E-state index is 12.7. The Kier molecular flexibility index (Phi) is 5.86. The second-order valence-electron chi connectivity index (χ2n) is 7.05. The van der Waals surface area contributed by atoms with Crippen LogP contribution in [0.4, 0.5) is 18.9 Å². The molecule has 162 valence electrons. The molecular formula is C21H18ClF3N4O2. The number of nitrogens with zero attached hydrogens (tertiary/aromatic N) is 3. The van der Waals surface area contributed by atoms with Crippen molar-refractivity contribution in [2.24, 2.45) is 0 Å². The van der Waals surface area contributed by atoms with E-state index in [1.54, 1.807) is 0 Å². The summed E-state index contributed by atoms with van der Waals surface area (Å²) in [7, 11) is 0. The fourth-order valence-corrected chi connectivity index (χ4v) is 3.59. The maximum atomic E-state index is 12.7. The quantitative estimate of drug-likeness (QED) is 0.568. The second-order valence-corrected chi connectivity index (χ2v) is 7.43. The number of hydrogen-bond donors (Lipinski definition) is 1. The van der Waals surface area contributed by atoms with Crippen LogP contribution in [0.2, 0.25) is 5.02 Å². The van der Waals surface area contributed by atoms with Gasteiger partial charge in [0.15, 0.2) is 5.82 Å². The Bertz CT molecular complexity index is 1150. The van der Waals surface area contributed by atoms with Crippen LogP contribution < -0.4 is 15.6 Å². The highest BCUT2D eigenvalue weighted by Gasteiger charge is 2.30. The Labute approximate surface area is 180 Å². The van der Waals surface area contributed by atoms with Crippen LogP contribution in [0.3, 0.4) is 0 Å². The molecule has 0 unspecified atom stereocenters. The molecule has 0 amide bonds. The topological polar surface area (TPSA) is 69.0 Å². The van der Waals surface area contributed by atoms with Gasteiger partial charge in [-0.25, -0.2) is 4.98 Å². The molecule has 4 rings (SSSR count). The molecule has 1 aliphatic rings. The zero-order valence-electron chi connectivity index (χ0n) is 16.2. The van der Waals surface area contributed by atoms with E-state index in [1.165, 1.54) is 23.7 Å². The van der Waals surface area contributed by atoms with Gasteiger partial charge < -0.3 is 10.1 Å². The Morgan fingerprint density at radius 1 is 1.13 bits per heavy atom. The van der Waals surface area contributed by atoms with E-state index in [0.29, 0.717) is 25.0 Å². The summed E-state index contributed by atoms with van der Waals surface area (Å²) in [5.74, 6) is 0.724. The molecule has 10 heteroatoms. The number of pyridine rings is 1. The van der Waals surface area contributed by atoms with Gasteiger partial charge in [0.2, 0.25) is 0 Å². The number of benzene rings is 1. The molecule has 0 fully saturated rings. The summed E-state index contributed by atoms with van der Waals surface area (Å²) >= 11 is 6.13. The van der Waals surface area contributed by atoms with Crippen molar-refractivity contribution in [3.05, 3.63) is 74.8 Å². The van der Waals surface area contributed by atoms with E-state index in [0.717, 1.165) is 35.4 Å². The number of ether oxygens (including phenoxy) is 1. The third-order valence-corrected chi connectivity index (χ3v) is 5.33. The summed E-state index contributed by atoms with van der Waals surface area (Å²) in [5, 5.41) is 6.79. The number of hydrogen-bond acceptors (Lipinski definition) is 5. The first-order valence-electron chi connectivity index (χ1n) is 9.63. The zero-order valence-corrected chi connectivity index (χ0v) is 17.0. The van der Waals surface area contributed by atoms with Crippen LogP contribution in [0.5, 0.6) is 5.75 Å². The molecule has 0 bridgehead atoms. The molecule has 0 saturated carbocycles. The molecule has 6 nitrogen and oxygen atoms in total. The molecule has 1 aliphatic carbocycles. The first-order valence-corrected chi connectivity index (χ1v) is 10.0. The molecule has 0 spiro atoms. The average Bonchev–Trinajstić information content (AvgIpc) is 3.21. The highest BCUT2D eigenvalue weighted by Crippen LogP contribution is 2.29. The van der Waals surface area contributed by atoms with E-state index in [1.807, 2.05) is 6.07 Å². The van der Waals surface area contributed by atoms with E-state index in [4.69, 9.17) is 16.3 Å². The van der Waals surface area contributed by atoms with Gasteiger partial charge in [-0.05, 0) is 54.7 Å². The molecule has 0 atom stereocenters. The fraction of sp³-hybridized carbons (Fsp3) is 0.286. The molecule has 2 heterocycles. The number of halogens is 4. The predicted molar refractivity (Wildman–Crippen MR) is 110 cm³/mol. The average molecular weight is 451 g/mol. The first-order chi connectivity index (χ1) is 14.8. The maximum Gasteiger partial charge on any atom is 0.417 e. The van der Waals surface area contributed by atoms with Gasteiger partial charge in [0.1, 0.15) is 17.4 Å². The van der Waals surface area contributed by atoms with E-state index >= 15 is 0 Å². The van der Waals surface area contributed by atoms with Gasteiger partial charge in [-0.2, -0.15) is 23.0 Å². The Morgan fingerprint density at radius 2 is 1.94 bits per heavy atom. The van der Waals surface area contributed by atoms with Crippen LogP contribution in [-0.2, 0) is 19.0 Å². The van der Waals surface area contributed by atoms with E-state index < -0.39 is 17.3 Å². The van der Waals surface area contributed by atoms with Gasteiger partial charge >= 0.3 is 6.18 Å². The monoisotopic (exact) mass is 450 g/mol. The van der Waals surface area contributed by atoms with Gasteiger partial charge in [-0.3, -0.25) is 4.79 Å². The fourth-order valence-electron chi connectivity index (χ4n) is 3.39. The van der Waals surface area contributed by atoms with Crippen LogP contribution in [0.1, 0.15) is 23.1 Å². The number of aryl methyl sites for hydroxylation is 2. The number of alkyl halides is 3. The number of fused-ring (bicyclic) bond motifs is 1. The predicted octanol–water partition coefficient (Wildman–Crippen LogP) is 4.28. The van der Waals surface area contributed by atoms with Crippen LogP contribution in [0, 0.1) is 0 Å². The lowest BCUT2D eigenvalue weighted by Crippen LogP contribution is -2.24. The van der Waals surface area contributed by atoms with Gasteiger partial charge in [0.25, 0.3) is 5.56 Å². The molecule has 0 aliphatic heterocycles. The summed E-state index contributed by atoms with van der Waals surface area (Å²) < 4.78 is 44.6. The summed E-state index contributed by atoms with van der Waals surface area (Å²) in [6, 6.07) is 7.96. The Balaban J connectivity index is 1.39. The highest BCUT2D eigenvalue weighted by molar-refractivity contribution is 6.32. The number of rotatable bonds is 6. The molecule has 2 aromatic heterocycles. The van der Waals surface area contributed by atoms with Gasteiger partial charge in [0.05, 0.1) is 17.4 Å². The van der Waals surface area contributed by atoms with Crippen LogP contribution in [-0.4, -0.2) is 27.9 Å². The van der Waals surface area contributed by atoms with Crippen molar-refractivity contribution < 1.29 is 17.9 Å². The molecular weight excluding hydrogens is 433 g/mol. The zero-order chi connectivity index (χ0) is 22.0. The van der Waals surface area contributed by atoms with Crippen LogP contribution >= 0.6 is 11.6 Å². The van der Waals surface area contributed by atoms with Crippen LogP contribution in [0.25, 0.3) is 5.82 Å². The van der Waals surface area contributed by atoms with Crippen LogP contribution in [0.15, 0.2) is 47.5 Å². The van der Waals surface area contributed by atoms with Crippen molar-refractivity contribution in [1.29, 1.82) is 0 Å². The highest BCUT2D eigenvalue weighted by atomic mass is 35.5. The summed E-state index contributed by atoms with van der Waals surface area (Å²) in [4.78, 5) is 16.1. The minimum Gasteiger partial charge on any atom is -0.492 e. The van der Waals surface area contributed by atoms with Gasteiger partial charge in [-0.15, -0.1) is 0 Å². The van der Waals surface area contributed by atoms with Crippen molar-refractivity contribution in [2.45, 2.75) is 25.4 Å². The molecule has 3 aromatic rings. The summed E-state index contributed by atoms with van der Waals surface area (Å²) in [6.45, 7) is 0.721. The molecule has 31 heavy (non-hydrogen) atoms. The standard InChI is InChI=1S/C21H18ClF3N4O2/c22-19-17(26-8-9-31-16-6-4-13-2-1-3-14(13)10-16)12-28-29(20(19)30)18-7-5-15(11-27-18)21(23,24)25/h4-7,10-12,26H,1-3,8-9H2. The largest absolute Gasteiger partial charge is 0.492 e. The van der Waals surface area contributed by atoms with Crippen molar-refractivity contribution in [1.82, 2.24) is 14.8 Å². The number of aromatic nitrogens is 3. The Hall–Kier alpha value is -3.07. The number of nitrogens with one attached hydrogen (secondary N) is 1. The van der Waals surface area contributed by atoms with Crippen molar-refractivity contribution in [3.8, 4) is 11.6 Å². The molecule has 0 radical (unpaired) electrons. The lowest BCUT2D eigenvalue weighted by atomic mass is 10.1. The molecule has 1 aromatic carbocycles. The Morgan fingerprint density at radius 3 is 2.68 bits per heavy atom. The van der Waals surface area contributed by atoms with Crippen molar-refractivity contribution >= 4 is 17.3 Å². The van der Waals surface area contributed by atoms with Crippen molar-refractivity contribution in [3.63, 3.8) is 0 Å². The van der Waals surface area contributed by atoms with E-state index in [-0.39, 0.29) is 10.8 Å². The lowest BCUT2D eigenvalue weighted by Gasteiger charge is -2.12. The van der Waals surface area contributed by atoms with E-state index in [2.05, 4.69) is 27.5 Å². The molecule has 1 N–H and O–H groups in total. The van der Waals surface area contributed by atoms with Gasteiger partial charge in [0, 0.05) is 12.7 Å². The second kappa shape index (κ2) is 8.58. The normalized spacial score (nSPS) is 13.2. The number of anilines is 1. The minimum absolute atomic E-state index is 0.0635. The third-order valence-electron chi connectivity index (χ3n) is 4.97. The van der Waals surface area contributed by atoms with Gasteiger partial charge in [-0.1, -0.05) is 17.7 Å².